The van der Waals surface area contributed by atoms with E-state index in [2.05, 4.69) is 4.98 Å². The van der Waals surface area contributed by atoms with Crippen molar-refractivity contribution in [3.8, 4) is 11.8 Å². The lowest BCUT2D eigenvalue weighted by Gasteiger charge is -2.13. The number of nitriles is 1. The molecule has 0 aliphatic rings. The van der Waals surface area contributed by atoms with E-state index in [9.17, 15) is 4.79 Å². The number of halogens is 1. The van der Waals surface area contributed by atoms with E-state index in [1.807, 2.05) is 6.07 Å². The lowest BCUT2D eigenvalue weighted by Crippen LogP contribution is -2.15. The first-order valence-electron chi connectivity index (χ1n) is 6.72. The first-order valence-corrected chi connectivity index (χ1v) is 7.10. The van der Waals surface area contributed by atoms with Crippen LogP contribution in [0.15, 0.2) is 54.6 Å². The van der Waals surface area contributed by atoms with Gasteiger partial charge in [0.25, 0.3) is 0 Å². The van der Waals surface area contributed by atoms with Crippen LogP contribution in [0.1, 0.15) is 15.9 Å². The normalized spacial score (nSPS) is 10.8. The molecule has 0 fully saturated rings. The standard InChI is InChI=1S/C17H14ClN3O2/c1-21(2)11-15(17(22)12-7-8-20-16(18)9-12)23-14-6-4-3-5-13(14)10-19/h3-9,11H,1-2H3/b15-11+. The number of nitrogens with zero attached hydrogens (tertiary/aromatic N) is 3. The molecule has 0 saturated carbocycles. The number of hydrogen-bond acceptors (Lipinski definition) is 5. The molecule has 6 heteroatoms. The predicted molar refractivity (Wildman–Crippen MR) is 87.1 cm³/mol. The Morgan fingerprint density at radius 1 is 1.35 bits per heavy atom. The molecule has 0 N–H and O–H groups in total. The zero-order chi connectivity index (χ0) is 16.8. The molecule has 2 rings (SSSR count). The van der Waals surface area contributed by atoms with Crippen LogP contribution in [0.2, 0.25) is 5.15 Å². The largest absolute Gasteiger partial charge is 0.450 e. The predicted octanol–water partition coefficient (Wildman–Crippen LogP) is 3.27. The molecule has 0 saturated heterocycles. The van der Waals surface area contributed by atoms with Gasteiger partial charge in [0.15, 0.2) is 5.76 Å². The van der Waals surface area contributed by atoms with Crippen molar-refractivity contribution < 1.29 is 9.53 Å². The lowest BCUT2D eigenvalue weighted by atomic mass is 10.1. The van der Waals surface area contributed by atoms with Gasteiger partial charge in [-0.3, -0.25) is 4.79 Å². The minimum atomic E-state index is -0.351. The maximum absolute atomic E-state index is 12.6. The van der Waals surface area contributed by atoms with Crippen molar-refractivity contribution in [2.75, 3.05) is 14.1 Å². The average molecular weight is 328 g/mol. The third-order valence-corrected chi connectivity index (χ3v) is 3.02. The molecule has 0 atom stereocenters. The van der Waals surface area contributed by atoms with E-state index in [4.69, 9.17) is 21.6 Å². The molecule has 0 radical (unpaired) electrons. The molecule has 0 bridgehead atoms. The smallest absolute Gasteiger partial charge is 0.229 e. The maximum atomic E-state index is 12.6. The van der Waals surface area contributed by atoms with Gasteiger partial charge in [-0.1, -0.05) is 23.7 Å². The summed E-state index contributed by atoms with van der Waals surface area (Å²) in [5.41, 5.74) is 0.699. The number of benzene rings is 1. The average Bonchev–Trinajstić information content (AvgIpc) is 2.53. The molecule has 2 aromatic rings. The minimum absolute atomic E-state index is 0.0833. The second-order valence-electron chi connectivity index (χ2n) is 4.86. The van der Waals surface area contributed by atoms with Crippen LogP contribution in [0.3, 0.4) is 0 Å². The lowest BCUT2D eigenvalue weighted by molar-refractivity contribution is 0.0982. The van der Waals surface area contributed by atoms with Crippen LogP contribution in [0, 0.1) is 11.3 Å². The SMILES string of the molecule is CN(C)/C=C(/Oc1ccccc1C#N)C(=O)c1ccnc(Cl)c1. The van der Waals surface area contributed by atoms with Crippen LogP contribution in [-0.2, 0) is 0 Å². The van der Waals surface area contributed by atoms with Gasteiger partial charge in [-0.15, -0.1) is 0 Å². The number of carbonyl (C=O) groups is 1. The number of hydrogen-bond donors (Lipinski definition) is 0. The number of ketones is 1. The Labute approximate surface area is 139 Å². The summed E-state index contributed by atoms with van der Waals surface area (Å²) in [5, 5.41) is 9.35. The molecule has 1 aromatic heterocycles. The molecule has 0 spiro atoms. The highest BCUT2D eigenvalue weighted by atomic mass is 35.5. The van der Waals surface area contributed by atoms with E-state index in [0.717, 1.165) is 0 Å². The van der Waals surface area contributed by atoms with Gasteiger partial charge in [0.2, 0.25) is 5.78 Å². The summed E-state index contributed by atoms with van der Waals surface area (Å²) in [6.45, 7) is 0. The van der Waals surface area contributed by atoms with Gasteiger partial charge in [0.05, 0.1) is 5.56 Å². The van der Waals surface area contributed by atoms with Crippen LogP contribution in [-0.4, -0.2) is 29.8 Å². The number of Topliss-reactive ketones (excluding diaryl/α,β-unsaturated/α-hetero) is 1. The van der Waals surface area contributed by atoms with E-state index in [-0.39, 0.29) is 16.7 Å². The van der Waals surface area contributed by atoms with Crippen LogP contribution in [0.4, 0.5) is 0 Å². The minimum Gasteiger partial charge on any atom is -0.450 e. The maximum Gasteiger partial charge on any atom is 0.229 e. The van der Waals surface area contributed by atoms with Crippen molar-refractivity contribution in [2.24, 2.45) is 0 Å². The van der Waals surface area contributed by atoms with Gasteiger partial charge in [0.1, 0.15) is 17.0 Å². The number of rotatable bonds is 5. The van der Waals surface area contributed by atoms with Gasteiger partial charge in [-0.2, -0.15) is 5.26 Å². The summed E-state index contributed by atoms with van der Waals surface area (Å²) in [5.74, 6) is 0.0484. The molecule has 5 nitrogen and oxygen atoms in total. The Morgan fingerprint density at radius 2 is 2.09 bits per heavy atom. The molecule has 1 heterocycles. The molecule has 1 aromatic carbocycles. The zero-order valence-corrected chi connectivity index (χ0v) is 13.4. The number of pyridine rings is 1. The number of ether oxygens (including phenoxy) is 1. The fourth-order valence-electron chi connectivity index (χ4n) is 1.82. The van der Waals surface area contributed by atoms with E-state index in [0.29, 0.717) is 16.9 Å². The molecular weight excluding hydrogens is 314 g/mol. The number of aromatic nitrogens is 1. The van der Waals surface area contributed by atoms with Crippen LogP contribution < -0.4 is 4.74 Å². The summed E-state index contributed by atoms with van der Waals surface area (Å²) in [6.07, 6.45) is 3.00. The number of para-hydroxylation sites is 1. The fraction of sp³-hybridized carbons (Fsp3) is 0.118. The van der Waals surface area contributed by atoms with Gasteiger partial charge >= 0.3 is 0 Å². The Hall–Kier alpha value is -2.84. The highest BCUT2D eigenvalue weighted by Gasteiger charge is 2.17. The van der Waals surface area contributed by atoms with Crippen molar-refractivity contribution in [1.29, 1.82) is 5.26 Å². The van der Waals surface area contributed by atoms with Crippen LogP contribution in [0.25, 0.3) is 0 Å². The van der Waals surface area contributed by atoms with E-state index in [1.54, 1.807) is 55.5 Å². The van der Waals surface area contributed by atoms with Crippen molar-refractivity contribution >= 4 is 17.4 Å². The molecule has 23 heavy (non-hydrogen) atoms. The second-order valence-corrected chi connectivity index (χ2v) is 5.25. The van der Waals surface area contributed by atoms with E-state index < -0.39 is 0 Å². The highest BCUT2D eigenvalue weighted by molar-refractivity contribution is 6.29. The molecular formula is C17H14ClN3O2. The molecule has 0 amide bonds. The molecule has 116 valence electrons. The first kappa shape index (κ1) is 16.5. The summed E-state index contributed by atoms with van der Waals surface area (Å²) >= 11 is 5.83. The van der Waals surface area contributed by atoms with Crippen molar-refractivity contribution in [1.82, 2.24) is 9.88 Å². The van der Waals surface area contributed by atoms with Crippen molar-refractivity contribution in [2.45, 2.75) is 0 Å². The Bertz CT molecular complexity index is 794. The topological polar surface area (TPSA) is 66.2 Å². The molecule has 0 aliphatic carbocycles. The summed E-state index contributed by atoms with van der Waals surface area (Å²) in [7, 11) is 3.54. The Kier molecular flexibility index (Phi) is 5.34. The van der Waals surface area contributed by atoms with Crippen LogP contribution >= 0.6 is 11.6 Å². The summed E-state index contributed by atoms with van der Waals surface area (Å²) in [6, 6.07) is 11.8. The van der Waals surface area contributed by atoms with Gasteiger partial charge in [0, 0.05) is 32.1 Å². The third-order valence-electron chi connectivity index (χ3n) is 2.82. The first-order chi connectivity index (χ1) is 11.0. The second kappa shape index (κ2) is 7.43. The third kappa shape index (κ3) is 4.31. The molecule has 0 unspecified atom stereocenters. The van der Waals surface area contributed by atoms with Crippen LogP contribution in [0.5, 0.6) is 5.75 Å². The number of carbonyl (C=O) groups excluding carboxylic acids is 1. The van der Waals surface area contributed by atoms with E-state index in [1.165, 1.54) is 12.3 Å². The summed E-state index contributed by atoms with van der Waals surface area (Å²) in [4.78, 5) is 18.2. The van der Waals surface area contributed by atoms with Crippen molar-refractivity contribution in [3.05, 3.63) is 70.8 Å². The summed E-state index contributed by atoms with van der Waals surface area (Å²) < 4.78 is 5.69. The Morgan fingerprint density at radius 3 is 2.74 bits per heavy atom. The van der Waals surface area contributed by atoms with E-state index >= 15 is 0 Å². The monoisotopic (exact) mass is 327 g/mol. The fourth-order valence-corrected chi connectivity index (χ4v) is 1.99. The molecule has 0 aliphatic heterocycles. The Balaban J connectivity index is 2.39. The van der Waals surface area contributed by atoms with Gasteiger partial charge in [-0.25, -0.2) is 4.98 Å². The highest BCUT2D eigenvalue weighted by Crippen LogP contribution is 2.22. The quantitative estimate of drug-likeness (QED) is 0.365. The van der Waals surface area contributed by atoms with Gasteiger partial charge in [-0.05, 0) is 24.3 Å². The van der Waals surface area contributed by atoms with Gasteiger partial charge < -0.3 is 9.64 Å². The number of allylic oxidation sites excluding steroid dienone is 1. The van der Waals surface area contributed by atoms with Crippen molar-refractivity contribution in [3.63, 3.8) is 0 Å². The zero-order valence-electron chi connectivity index (χ0n) is 12.7.